The van der Waals surface area contributed by atoms with Crippen molar-refractivity contribution in [2.45, 2.75) is 26.9 Å². The molecule has 0 saturated heterocycles. The summed E-state index contributed by atoms with van der Waals surface area (Å²) in [5, 5.41) is 2.87. The molecular formula is C12H17FN2. The number of nitrogens with one attached hydrogen (secondary N) is 1. The van der Waals surface area contributed by atoms with Crippen LogP contribution in [0.5, 0.6) is 0 Å². The van der Waals surface area contributed by atoms with Crippen LogP contribution in [0, 0.1) is 13.8 Å². The molecule has 0 radical (unpaired) electrons. The molecule has 1 atom stereocenters. The first-order valence-corrected chi connectivity index (χ1v) is 5.02. The van der Waals surface area contributed by atoms with E-state index in [4.69, 9.17) is 0 Å². The van der Waals surface area contributed by atoms with E-state index in [1.807, 2.05) is 39.0 Å². The second-order valence-corrected chi connectivity index (χ2v) is 3.70. The van der Waals surface area contributed by atoms with Crippen molar-refractivity contribution in [3.05, 3.63) is 34.9 Å². The first-order valence-electron chi connectivity index (χ1n) is 5.02. The molecule has 0 heterocycles. The van der Waals surface area contributed by atoms with Gasteiger partial charge in [0.2, 0.25) is 5.97 Å². The van der Waals surface area contributed by atoms with Crippen LogP contribution in [-0.4, -0.2) is 19.2 Å². The largest absolute Gasteiger partial charge is 0.299 e. The molecule has 82 valence electrons. The highest BCUT2D eigenvalue weighted by atomic mass is 19.1. The fourth-order valence-corrected chi connectivity index (χ4v) is 1.26. The lowest BCUT2D eigenvalue weighted by molar-refractivity contribution is 0.624. The predicted octanol–water partition coefficient (Wildman–Crippen LogP) is 2.58. The molecule has 0 amide bonds. The Morgan fingerprint density at radius 2 is 2.07 bits per heavy atom. The zero-order valence-electron chi connectivity index (χ0n) is 9.63. The number of aryl methyl sites for hydroxylation is 2. The predicted molar refractivity (Wildman–Crippen MR) is 62.1 cm³/mol. The van der Waals surface area contributed by atoms with Gasteiger partial charge in [-0.3, -0.25) is 5.32 Å². The van der Waals surface area contributed by atoms with Crippen molar-refractivity contribution in [2.24, 2.45) is 4.99 Å². The Hall–Kier alpha value is -1.22. The molecule has 0 aromatic heterocycles. The van der Waals surface area contributed by atoms with Gasteiger partial charge in [-0.25, -0.2) is 4.99 Å². The molecule has 2 nitrogen and oxygen atoms in total. The summed E-state index contributed by atoms with van der Waals surface area (Å²) in [5.41, 5.74) is 2.53. The van der Waals surface area contributed by atoms with Crippen molar-refractivity contribution in [1.29, 1.82) is 0 Å². The summed E-state index contributed by atoms with van der Waals surface area (Å²) < 4.78 is 13.7. The lowest BCUT2D eigenvalue weighted by Gasteiger charge is -2.07. The third-order valence-corrected chi connectivity index (χ3v) is 2.34. The van der Waals surface area contributed by atoms with E-state index in [2.05, 4.69) is 10.3 Å². The molecule has 0 unspecified atom stereocenters. The molecule has 0 spiro atoms. The van der Waals surface area contributed by atoms with E-state index < -0.39 is 5.97 Å². The van der Waals surface area contributed by atoms with Gasteiger partial charge in [0.05, 0.1) is 6.17 Å². The van der Waals surface area contributed by atoms with E-state index in [0.717, 1.165) is 11.1 Å². The van der Waals surface area contributed by atoms with Gasteiger partial charge in [-0.05, 0) is 39.4 Å². The molecule has 3 heteroatoms. The summed E-state index contributed by atoms with van der Waals surface area (Å²) in [6, 6.07) is 5.69. The van der Waals surface area contributed by atoms with Crippen LogP contribution < -0.4 is 5.32 Å². The highest BCUT2D eigenvalue weighted by Gasteiger charge is 2.07. The second-order valence-electron chi connectivity index (χ2n) is 3.70. The number of hydrogen-bond donors (Lipinski definition) is 1. The van der Waals surface area contributed by atoms with Crippen LogP contribution in [0.1, 0.15) is 23.6 Å². The minimum Gasteiger partial charge on any atom is -0.299 e. The zero-order valence-corrected chi connectivity index (χ0v) is 9.63. The van der Waals surface area contributed by atoms with Crippen LogP contribution in [0.3, 0.4) is 0 Å². The number of aliphatic imine (C=N–C) groups is 1. The SMILES string of the molecule is CN[C@H](C)N=C(F)c1cc(C)ccc1C. The Morgan fingerprint density at radius 1 is 1.40 bits per heavy atom. The molecule has 0 bridgehead atoms. The third kappa shape index (κ3) is 3.13. The third-order valence-electron chi connectivity index (χ3n) is 2.34. The first kappa shape index (κ1) is 11.9. The van der Waals surface area contributed by atoms with Gasteiger partial charge in [0.1, 0.15) is 0 Å². The van der Waals surface area contributed by atoms with E-state index in [0.29, 0.717) is 5.56 Å². The number of rotatable bonds is 3. The monoisotopic (exact) mass is 208 g/mol. The van der Waals surface area contributed by atoms with Gasteiger partial charge in [-0.1, -0.05) is 17.7 Å². The van der Waals surface area contributed by atoms with Crippen LogP contribution in [0.2, 0.25) is 0 Å². The van der Waals surface area contributed by atoms with Crippen molar-refractivity contribution in [2.75, 3.05) is 7.05 Å². The average Bonchev–Trinajstić information content (AvgIpc) is 2.21. The average molecular weight is 208 g/mol. The van der Waals surface area contributed by atoms with Crippen molar-refractivity contribution in [1.82, 2.24) is 5.32 Å². The molecule has 1 aromatic carbocycles. The quantitative estimate of drug-likeness (QED) is 0.759. The maximum Gasteiger partial charge on any atom is 0.217 e. The second kappa shape index (κ2) is 5.03. The molecule has 0 aliphatic rings. The van der Waals surface area contributed by atoms with Crippen LogP contribution in [0.15, 0.2) is 23.2 Å². The molecule has 1 rings (SSSR count). The minimum absolute atomic E-state index is 0.204. The van der Waals surface area contributed by atoms with Gasteiger partial charge in [0.15, 0.2) is 0 Å². The van der Waals surface area contributed by atoms with Crippen LogP contribution >= 0.6 is 0 Å². The van der Waals surface area contributed by atoms with Gasteiger partial charge >= 0.3 is 0 Å². The molecule has 0 aliphatic carbocycles. The fourth-order valence-electron chi connectivity index (χ4n) is 1.26. The van der Waals surface area contributed by atoms with Gasteiger partial charge in [-0.2, -0.15) is 4.39 Å². The molecule has 1 N–H and O–H groups in total. The number of hydrogen-bond acceptors (Lipinski definition) is 2. The van der Waals surface area contributed by atoms with Gasteiger partial charge in [-0.15, -0.1) is 0 Å². The summed E-state index contributed by atoms with van der Waals surface area (Å²) in [5.74, 6) is -0.405. The van der Waals surface area contributed by atoms with Crippen LogP contribution in [0.4, 0.5) is 4.39 Å². The zero-order chi connectivity index (χ0) is 11.4. The maximum atomic E-state index is 13.7. The van der Waals surface area contributed by atoms with Gasteiger partial charge in [0.25, 0.3) is 0 Å². The lowest BCUT2D eigenvalue weighted by atomic mass is 10.1. The maximum absolute atomic E-state index is 13.7. The smallest absolute Gasteiger partial charge is 0.217 e. The summed E-state index contributed by atoms with van der Waals surface area (Å²) in [6.45, 7) is 5.64. The summed E-state index contributed by atoms with van der Waals surface area (Å²) >= 11 is 0. The Balaban J connectivity index is 3.04. The van der Waals surface area contributed by atoms with Crippen LogP contribution in [0.25, 0.3) is 0 Å². The molecule has 0 saturated carbocycles. The minimum atomic E-state index is -0.405. The van der Waals surface area contributed by atoms with Gasteiger partial charge in [0, 0.05) is 5.56 Å². The Morgan fingerprint density at radius 3 is 2.67 bits per heavy atom. The van der Waals surface area contributed by atoms with E-state index in [1.54, 1.807) is 7.05 Å². The molecule has 0 aliphatic heterocycles. The number of halogens is 1. The Bertz CT molecular complexity index is 372. The number of nitrogens with zero attached hydrogens (tertiary/aromatic N) is 1. The fraction of sp³-hybridized carbons (Fsp3) is 0.417. The van der Waals surface area contributed by atoms with E-state index in [-0.39, 0.29) is 6.17 Å². The highest BCUT2D eigenvalue weighted by Crippen LogP contribution is 2.13. The topological polar surface area (TPSA) is 24.4 Å². The lowest BCUT2D eigenvalue weighted by Crippen LogP contribution is -2.20. The standard InChI is InChI=1S/C12H17FN2/c1-8-5-6-9(2)11(7-8)12(13)15-10(3)14-4/h5-7,10,14H,1-4H3/t10-/m0/s1. The summed E-state index contributed by atoms with van der Waals surface area (Å²) in [4.78, 5) is 3.91. The molecule has 15 heavy (non-hydrogen) atoms. The van der Waals surface area contributed by atoms with E-state index in [9.17, 15) is 4.39 Å². The summed E-state index contributed by atoms with van der Waals surface area (Å²) in [6.07, 6.45) is -0.204. The first-order chi connectivity index (χ1) is 7.04. The van der Waals surface area contributed by atoms with Crippen LogP contribution in [-0.2, 0) is 0 Å². The number of benzene rings is 1. The van der Waals surface area contributed by atoms with Crippen molar-refractivity contribution < 1.29 is 4.39 Å². The van der Waals surface area contributed by atoms with Crippen molar-refractivity contribution in [3.8, 4) is 0 Å². The van der Waals surface area contributed by atoms with Gasteiger partial charge < -0.3 is 0 Å². The molecule has 0 fully saturated rings. The van der Waals surface area contributed by atoms with E-state index >= 15 is 0 Å². The van der Waals surface area contributed by atoms with E-state index in [1.165, 1.54) is 0 Å². The Kier molecular flexibility index (Phi) is 3.97. The van der Waals surface area contributed by atoms with Crippen molar-refractivity contribution in [3.63, 3.8) is 0 Å². The molecule has 1 aromatic rings. The van der Waals surface area contributed by atoms with Crippen molar-refractivity contribution >= 4 is 5.97 Å². The highest BCUT2D eigenvalue weighted by molar-refractivity contribution is 5.94. The molecular weight excluding hydrogens is 191 g/mol. The normalized spacial score (nSPS) is 14.1. The Labute approximate surface area is 90.2 Å². The summed E-state index contributed by atoms with van der Waals surface area (Å²) in [7, 11) is 1.75.